The van der Waals surface area contributed by atoms with E-state index in [-0.39, 0.29) is 5.91 Å². The minimum Gasteiger partial charge on any atom is -0.382 e. The number of carbonyl (C=O) groups excluding carboxylic acids is 1. The highest BCUT2D eigenvalue weighted by atomic mass is 16.2. The highest BCUT2D eigenvalue weighted by molar-refractivity contribution is 5.95. The first kappa shape index (κ1) is 20.7. The fourth-order valence-electron chi connectivity index (χ4n) is 4.04. The van der Waals surface area contributed by atoms with Crippen molar-refractivity contribution in [2.24, 2.45) is 5.73 Å². The first-order valence-electron chi connectivity index (χ1n) is 10.5. The van der Waals surface area contributed by atoms with Gasteiger partial charge in [-0.15, -0.1) is 0 Å². The maximum Gasteiger partial charge on any atom is 0.253 e. The van der Waals surface area contributed by atoms with Gasteiger partial charge in [-0.2, -0.15) is 0 Å². The zero-order valence-corrected chi connectivity index (χ0v) is 18.4. The van der Waals surface area contributed by atoms with Crippen LogP contribution in [0.4, 0.5) is 5.82 Å². The Morgan fingerprint density at radius 1 is 1.06 bits per heavy atom. The molecule has 0 spiro atoms. The summed E-state index contributed by atoms with van der Waals surface area (Å²) in [5, 5.41) is 1.06. The molecule has 1 amide bonds. The molecular weight excluding hydrogens is 416 g/mol. The van der Waals surface area contributed by atoms with Gasteiger partial charge in [0.2, 0.25) is 0 Å². The van der Waals surface area contributed by atoms with E-state index in [9.17, 15) is 4.79 Å². The molecule has 0 bridgehead atoms. The maximum absolute atomic E-state index is 12.2. The van der Waals surface area contributed by atoms with Crippen LogP contribution >= 0.6 is 0 Å². The summed E-state index contributed by atoms with van der Waals surface area (Å²) in [7, 11) is 3.49. The van der Waals surface area contributed by atoms with Crippen molar-refractivity contribution < 1.29 is 4.79 Å². The van der Waals surface area contributed by atoms with Gasteiger partial charge in [-0.3, -0.25) is 4.79 Å². The first-order chi connectivity index (χ1) is 15.9. The molecule has 9 nitrogen and oxygen atoms in total. The predicted molar refractivity (Wildman–Crippen MR) is 128 cm³/mol. The summed E-state index contributed by atoms with van der Waals surface area (Å²) in [6, 6.07) is 14.0. The Bertz CT molecular complexity index is 1480. The molecule has 0 saturated carbocycles. The molecule has 0 unspecified atom stereocenters. The molecule has 9 heteroatoms. The molecule has 0 saturated heterocycles. The number of nitrogen functional groups attached to an aromatic ring is 1. The number of aromatic nitrogens is 5. The van der Waals surface area contributed by atoms with E-state index in [4.69, 9.17) is 11.5 Å². The van der Waals surface area contributed by atoms with Crippen LogP contribution in [0.15, 0.2) is 55.1 Å². The number of aromatic amines is 1. The maximum atomic E-state index is 12.2. The van der Waals surface area contributed by atoms with Crippen LogP contribution in [0.2, 0.25) is 0 Å². The summed E-state index contributed by atoms with van der Waals surface area (Å²) in [6.45, 7) is 0.960. The van der Waals surface area contributed by atoms with Crippen molar-refractivity contribution in [2.75, 3.05) is 19.8 Å². The number of rotatable bonds is 5. The standard InChI is InChI=1S/C24H24N8O/c1-31(2)24(33)15-5-3-14(4-6-15)16-7-17-9-19(10-25)30-20(17)18(8-16)11-32-13-29-21-22(26)27-12-28-23(21)32/h3-9,12-13,30H,10-11,25H2,1-2H3,(H2,26,27,28). The quantitative estimate of drug-likeness (QED) is 0.385. The van der Waals surface area contributed by atoms with Gasteiger partial charge in [-0.25, -0.2) is 15.0 Å². The topological polar surface area (TPSA) is 132 Å². The third kappa shape index (κ3) is 3.68. The monoisotopic (exact) mass is 440 g/mol. The van der Waals surface area contributed by atoms with Gasteiger partial charge < -0.3 is 25.9 Å². The summed E-state index contributed by atoms with van der Waals surface area (Å²) in [6.07, 6.45) is 3.17. The Kier molecular flexibility index (Phi) is 5.02. The summed E-state index contributed by atoms with van der Waals surface area (Å²) < 4.78 is 1.95. The summed E-state index contributed by atoms with van der Waals surface area (Å²) in [5.41, 5.74) is 18.9. The molecule has 33 heavy (non-hydrogen) atoms. The van der Waals surface area contributed by atoms with Crippen molar-refractivity contribution in [3.63, 3.8) is 0 Å². The first-order valence-corrected chi connectivity index (χ1v) is 10.5. The Hall–Kier alpha value is -4.24. The van der Waals surface area contributed by atoms with E-state index in [1.54, 1.807) is 25.3 Å². The highest BCUT2D eigenvalue weighted by Gasteiger charge is 2.14. The van der Waals surface area contributed by atoms with Crippen molar-refractivity contribution in [1.82, 2.24) is 29.4 Å². The van der Waals surface area contributed by atoms with Crippen LogP contribution in [0.3, 0.4) is 0 Å². The fraction of sp³-hybridized carbons (Fsp3) is 0.167. The smallest absolute Gasteiger partial charge is 0.253 e. The lowest BCUT2D eigenvalue weighted by atomic mass is 9.99. The van der Waals surface area contributed by atoms with Crippen LogP contribution in [0.5, 0.6) is 0 Å². The van der Waals surface area contributed by atoms with Crippen LogP contribution in [-0.4, -0.2) is 49.4 Å². The zero-order valence-electron chi connectivity index (χ0n) is 18.4. The average Bonchev–Trinajstić information content (AvgIpc) is 3.43. The molecule has 3 aromatic heterocycles. The lowest BCUT2D eigenvalue weighted by Crippen LogP contribution is -2.21. The summed E-state index contributed by atoms with van der Waals surface area (Å²) >= 11 is 0. The van der Waals surface area contributed by atoms with Crippen LogP contribution in [-0.2, 0) is 13.1 Å². The third-order valence-electron chi connectivity index (χ3n) is 5.73. The van der Waals surface area contributed by atoms with Gasteiger partial charge in [-0.05, 0) is 47.0 Å². The van der Waals surface area contributed by atoms with Crippen molar-refractivity contribution in [3.05, 3.63) is 71.9 Å². The van der Waals surface area contributed by atoms with Crippen LogP contribution < -0.4 is 11.5 Å². The van der Waals surface area contributed by atoms with E-state index in [0.29, 0.717) is 35.6 Å². The number of carbonyl (C=O) groups is 1. The number of nitrogens with one attached hydrogen (secondary N) is 1. The normalized spacial score (nSPS) is 11.4. The number of fused-ring (bicyclic) bond motifs is 2. The second-order valence-corrected chi connectivity index (χ2v) is 8.18. The molecule has 0 fully saturated rings. The molecule has 5 aromatic rings. The van der Waals surface area contributed by atoms with Gasteiger partial charge in [0.1, 0.15) is 11.8 Å². The molecule has 0 aliphatic carbocycles. The van der Waals surface area contributed by atoms with Crippen molar-refractivity contribution in [3.8, 4) is 11.1 Å². The second-order valence-electron chi connectivity index (χ2n) is 8.18. The second kappa shape index (κ2) is 8.03. The van der Waals surface area contributed by atoms with Gasteiger partial charge in [-0.1, -0.05) is 12.1 Å². The van der Waals surface area contributed by atoms with Gasteiger partial charge in [0.25, 0.3) is 5.91 Å². The summed E-state index contributed by atoms with van der Waals surface area (Å²) in [5.74, 6) is 0.333. The Labute approximate surface area is 190 Å². The molecule has 2 aromatic carbocycles. The SMILES string of the molecule is CN(C)C(=O)c1ccc(-c2cc(Cn3cnc4c(N)ncnc43)c3[nH]c(CN)cc3c2)cc1. The van der Waals surface area contributed by atoms with E-state index in [0.717, 1.165) is 33.3 Å². The van der Waals surface area contributed by atoms with Gasteiger partial charge in [0, 0.05) is 37.3 Å². The minimum atomic E-state index is -0.0239. The number of imidazole rings is 1. The number of amides is 1. The molecule has 0 atom stereocenters. The van der Waals surface area contributed by atoms with E-state index < -0.39 is 0 Å². The van der Waals surface area contributed by atoms with Crippen LogP contribution in [0.25, 0.3) is 33.2 Å². The average molecular weight is 441 g/mol. The number of H-pyrrole nitrogens is 1. The molecule has 3 heterocycles. The molecule has 5 rings (SSSR count). The number of hydrogen-bond acceptors (Lipinski definition) is 6. The largest absolute Gasteiger partial charge is 0.382 e. The lowest BCUT2D eigenvalue weighted by Gasteiger charge is -2.12. The highest BCUT2D eigenvalue weighted by Crippen LogP contribution is 2.30. The van der Waals surface area contributed by atoms with E-state index in [2.05, 4.69) is 38.1 Å². The predicted octanol–water partition coefficient (Wildman–Crippen LogP) is 2.77. The summed E-state index contributed by atoms with van der Waals surface area (Å²) in [4.78, 5) is 30.0. The van der Waals surface area contributed by atoms with Gasteiger partial charge >= 0.3 is 0 Å². The number of nitrogens with zero attached hydrogens (tertiary/aromatic N) is 5. The van der Waals surface area contributed by atoms with Gasteiger partial charge in [0.15, 0.2) is 11.5 Å². The van der Waals surface area contributed by atoms with Crippen molar-refractivity contribution >= 4 is 33.8 Å². The molecule has 0 aliphatic rings. The van der Waals surface area contributed by atoms with Crippen molar-refractivity contribution in [2.45, 2.75) is 13.1 Å². The number of hydrogen-bond donors (Lipinski definition) is 3. The number of benzene rings is 2. The van der Waals surface area contributed by atoms with Gasteiger partial charge in [0.05, 0.1) is 18.4 Å². The van der Waals surface area contributed by atoms with E-state index in [1.165, 1.54) is 6.33 Å². The number of nitrogens with two attached hydrogens (primary N) is 2. The third-order valence-corrected chi connectivity index (χ3v) is 5.73. The Morgan fingerprint density at radius 2 is 1.85 bits per heavy atom. The molecule has 0 aliphatic heterocycles. The van der Waals surface area contributed by atoms with Crippen LogP contribution in [0.1, 0.15) is 21.6 Å². The Balaban J connectivity index is 1.60. The van der Waals surface area contributed by atoms with E-state index >= 15 is 0 Å². The number of anilines is 1. The van der Waals surface area contributed by atoms with E-state index in [1.807, 2.05) is 28.8 Å². The minimum absolute atomic E-state index is 0.0239. The molecular formula is C24H24N8O. The molecule has 0 radical (unpaired) electrons. The fourth-order valence-corrected chi connectivity index (χ4v) is 4.04. The Morgan fingerprint density at radius 3 is 2.58 bits per heavy atom. The van der Waals surface area contributed by atoms with Crippen LogP contribution in [0, 0.1) is 0 Å². The zero-order chi connectivity index (χ0) is 23.1. The van der Waals surface area contributed by atoms with Crippen molar-refractivity contribution in [1.29, 1.82) is 0 Å². The lowest BCUT2D eigenvalue weighted by molar-refractivity contribution is 0.0827. The molecule has 166 valence electrons. The molecule has 5 N–H and O–H groups in total.